The Balaban J connectivity index is 1.97. The van der Waals surface area contributed by atoms with Gasteiger partial charge >= 0.3 is 5.97 Å². The summed E-state index contributed by atoms with van der Waals surface area (Å²) in [6.45, 7) is 3.58. The van der Waals surface area contributed by atoms with E-state index in [-0.39, 0.29) is 11.9 Å². The Morgan fingerprint density at radius 1 is 1.00 bits per heavy atom. The zero-order valence-corrected chi connectivity index (χ0v) is 16.0. The highest BCUT2D eigenvalue weighted by Crippen LogP contribution is 2.42. The van der Waals surface area contributed by atoms with Crippen molar-refractivity contribution in [2.75, 3.05) is 5.32 Å². The van der Waals surface area contributed by atoms with Crippen LogP contribution in [0.2, 0.25) is 0 Å². The summed E-state index contributed by atoms with van der Waals surface area (Å²) in [5, 5.41) is 3.73. The summed E-state index contributed by atoms with van der Waals surface area (Å²) in [5.41, 5.74) is 3.01. The Morgan fingerprint density at radius 3 is 2.33 bits per heavy atom. The smallest absolute Gasteiger partial charge is 0.310 e. The molecule has 5 nitrogen and oxygen atoms in total. The van der Waals surface area contributed by atoms with Crippen molar-refractivity contribution in [1.82, 2.24) is 4.98 Å². The van der Waals surface area contributed by atoms with Gasteiger partial charge in [0.2, 0.25) is 5.91 Å². The molecule has 0 atom stereocenters. The second-order valence-corrected chi connectivity index (χ2v) is 6.90. The van der Waals surface area contributed by atoms with Gasteiger partial charge in [0, 0.05) is 35.7 Å². The Bertz CT molecular complexity index is 934. The first-order valence-corrected chi connectivity index (χ1v) is 9.57. The minimum atomic E-state index is -0.264. The molecule has 0 bridgehead atoms. The van der Waals surface area contributed by atoms with Crippen LogP contribution in [0.1, 0.15) is 26.7 Å². The van der Waals surface area contributed by atoms with Gasteiger partial charge in [0.25, 0.3) is 0 Å². The van der Waals surface area contributed by atoms with Crippen LogP contribution >= 0.6 is 11.3 Å². The molecule has 1 amide bonds. The number of ether oxygens (including phenoxy) is 1. The Labute approximate surface area is 162 Å². The number of esters is 1. The molecular formula is C21H20N2O3S. The summed E-state index contributed by atoms with van der Waals surface area (Å²) >= 11 is 1.52. The molecule has 1 N–H and O–H groups in total. The zero-order chi connectivity index (χ0) is 19.2. The maximum absolute atomic E-state index is 11.8. The minimum Gasteiger partial charge on any atom is -0.427 e. The second-order valence-electron chi connectivity index (χ2n) is 5.84. The third kappa shape index (κ3) is 4.60. The number of rotatable bonds is 6. The van der Waals surface area contributed by atoms with E-state index in [9.17, 15) is 9.59 Å². The number of carbonyl (C=O) groups excluding carboxylic acids is 2. The number of hydrogen-bond acceptors (Lipinski definition) is 5. The highest BCUT2D eigenvalue weighted by Gasteiger charge is 2.14. The van der Waals surface area contributed by atoms with Crippen molar-refractivity contribution < 1.29 is 14.3 Å². The van der Waals surface area contributed by atoms with Gasteiger partial charge in [-0.3, -0.25) is 14.6 Å². The summed E-state index contributed by atoms with van der Waals surface area (Å²) in [6, 6.07) is 13.2. The Hall–Kier alpha value is -2.99. The number of aromatic nitrogens is 1. The predicted molar refractivity (Wildman–Crippen MR) is 108 cm³/mol. The number of anilines is 1. The van der Waals surface area contributed by atoms with Gasteiger partial charge in [0.15, 0.2) is 0 Å². The molecule has 3 aromatic rings. The summed E-state index contributed by atoms with van der Waals surface area (Å²) in [4.78, 5) is 28.3. The van der Waals surface area contributed by atoms with Crippen molar-refractivity contribution in [2.24, 2.45) is 0 Å². The number of hydrogen-bond donors (Lipinski definition) is 1. The summed E-state index contributed by atoms with van der Waals surface area (Å²) in [6.07, 6.45) is 4.25. The molecule has 138 valence electrons. The van der Waals surface area contributed by atoms with Crippen LogP contribution in [0.3, 0.4) is 0 Å². The molecule has 27 heavy (non-hydrogen) atoms. The molecule has 0 unspecified atom stereocenters. The van der Waals surface area contributed by atoms with Gasteiger partial charge in [-0.05, 0) is 41.5 Å². The van der Waals surface area contributed by atoms with Crippen molar-refractivity contribution in [3.8, 4) is 27.3 Å². The van der Waals surface area contributed by atoms with Gasteiger partial charge < -0.3 is 10.1 Å². The lowest BCUT2D eigenvalue weighted by Gasteiger charge is -2.06. The number of carbonyl (C=O) groups is 2. The number of amides is 1. The van der Waals surface area contributed by atoms with E-state index in [4.69, 9.17) is 4.74 Å². The quantitative estimate of drug-likeness (QED) is 0.475. The standard InChI is InChI=1S/C21H20N2O3S/c1-3-18(24)23-19-13-17(21(27-19)15-9-11-22-12-10-15)14-5-7-16(8-6-14)26-20(25)4-2/h5-13H,3-4H2,1-2H3,(H,23,24). The van der Waals surface area contributed by atoms with Crippen LogP contribution < -0.4 is 10.1 Å². The van der Waals surface area contributed by atoms with Crippen LogP contribution in [-0.2, 0) is 9.59 Å². The number of thiophene rings is 1. The van der Waals surface area contributed by atoms with E-state index in [1.807, 2.05) is 37.3 Å². The van der Waals surface area contributed by atoms with Crippen molar-refractivity contribution in [2.45, 2.75) is 26.7 Å². The Morgan fingerprint density at radius 2 is 1.70 bits per heavy atom. The van der Waals surface area contributed by atoms with E-state index < -0.39 is 0 Å². The van der Waals surface area contributed by atoms with Gasteiger partial charge in [0.1, 0.15) is 5.75 Å². The van der Waals surface area contributed by atoms with Crippen LogP contribution in [-0.4, -0.2) is 16.9 Å². The zero-order valence-electron chi connectivity index (χ0n) is 15.2. The van der Waals surface area contributed by atoms with Crippen molar-refractivity contribution in [3.05, 3.63) is 54.9 Å². The van der Waals surface area contributed by atoms with Crippen LogP contribution in [0, 0.1) is 0 Å². The average Bonchev–Trinajstić information content (AvgIpc) is 3.12. The lowest BCUT2D eigenvalue weighted by atomic mass is 10.0. The fourth-order valence-electron chi connectivity index (χ4n) is 2.52. The fourth-order valence-corrected chi connectivity index (χ4v) is 3.62. The fraction of sp³-hybridized carbons (Fsp3) is 0.190. The molecule has 0 saturated carbocycles. The lowest BCUT2D eigenvalue weighted by Crippen LogP contribution is -2.07. The molecule has 6 heteroatoms. The highest BCUT2D eigenvalue weighted by atomic mass is 32.1. The first-order chi connectivity index (χ1) is 13.1. The molecule has 1 aromatic carbocycles. The number of nitrogens with one attached hydrogen (secondary N) is 1. The van der Waals surface area contributed by atoms with Crippen LogP contribution in [0.4, 0.5) is 5.00 Å². The first kappa shape index (κ1) is 18.8. The number of nitrogens with zero attached hydrogens (tertiary/aromatic N) is 1. The molecule has 2 aromatic heterocycles. The van der Waals surface area contributed by atoms with E-state index >= 15 is 0 Å². The molecule has 0 aliphatic rings. The molecule has 0 radical (unpaired) electrons. The molecule has 3 rings (SSSR count). The molecule has 0 aliphatic heterocycles. The van der Waals surface area contributed by atoms with Crippen molar-refractivity contribution in [1.29, 1.82) is 0 Å². The van der Waals surface area contributed by atoms with Gasteiger partial charge in [0.05, 0.1) is 5.00 Å². The Kier molecular flexibility index (Phi) is 5.98. The van der Waals surface area contributed by atoms with E-state index in [2.05, 4.69) is 10.3 Å². The van der Waals surface area contributed by atoms with Crippen LogP contribution in [0.5, 0.6) is 5.75 Å². The maximum atomic E-state index is 11.8. The first-order valence-electron chi connectivity index (χ1n) is 8.76. The lowest BCUT2D eigenvalue weighted by molar-refractivity contribution is -0.134. The van der Waals surface area contributed by atoms with Crippen molar-refractivity contribution >= 4 is 28.2 Å². The third-order valence-corrected chi connectivity index (χ3v) is 5.04. The summed E-state index contributed by atoms with van der Waals surface area (Å²) in [5.74, 6) is 0.233. The van der Waals surface area contributed by atoms with Gasteiger partial charge in [-0.25, -0.2) is 0 Å². The monoisotopic (exact) mass is 380 g/mol. The minimum absolute atomic E-state index is 0.0223. The number of benzene rings is 1. The normalized spacial score (nSPS) is 10.4. The largest absolute Gasteiger partial charge is 0.427 e. The molecule has 0 aliphatic carbocycles. The van der Waals surface area contributed by atoms with Gasteiger partial charge in [-0.15, -0.1) is 11.3 Å². The molecular weight excluding hydrogens is 360 g/mol. The maximum Gasteiger partial charge on any atom is 0.310 e. The molecule has 0 fully saturated rings. The average molecular weight is 380 g/mol. The summed E-state index contributed by atoms with van der Waals surface area (Å²) in [7, 11) is 0. The van der Waals surface area contributed by atoms with Gasteiger partial charge in [-0.1, -0.05) is 26.0 Å². The third-order valence-electron chi connectivity index (χ3n) is 3.94. The number of pyridine rings is 1. The van der Waals surface area contributed by atoms with Crippen LogP contribution in [0.25, 0.3) is 21.6 Å². The predicted octanol–water partition coefficient (Wildman–Crippen LogP) is 5.14. The van der Waals surface area contributed by atoms with E-state index in [1.54, 1.807) is 31.5 Å². The van der Waals surface area contributed by atoms with E-state index in [1.165, 1.54) is 11.3 Å². The molecule has 0 spiro atoms. The molecule has 2 heterocycles. The summed E-state index contributed by atoms with van der Waals surface area (Å²) < 4.78 is 5.24. The second kappa shape index (κ2) is 8.60. The highest BCUT2D eigenvalue weighted by molar-refractivity contribution is 7.20. The molecule has 0 saturated heterocycles. The van der Waals surface area contributed by atoms with Crippen LogP contribution in [0.15, 0.2) is 54.9 Å². The SMILES string of the molecule is CCC(=O)Nc1cc(-c2ccc(OC(=O)CC)cc2)c(-c2ccncc2)s1. The van der Waals surface area contributed by atoms with E-state index in [0.29, 0.717) is 18.6 Å². The topological polar surface area (TPSA) is 68.3 Å². The van der Waals surface area contributed by atoms with Gasteiger partial charge in [-0.2, -0.15) is 0 Å². The van der Waals surface area contributed by atoms with E-state index in [0.717, 1.165) is 26.6 Å². The van der Waals surface area contributed by atoms with Crippen molar-refractivity contribution in [3.63, 3.8) is 0 Å².